The maximum absolute atomic E-state index is 12.0. The van der Waals surface area contributed by atoms with E-state index in [4.69, 9.17) is 9.84 Å². The molecule has 0 aromatic heterocycles. The van der Waals surface area contributed by atoms with E-state index in [-0.39, 0.29) is 11.3 Å². The zero-order chi connectivity index (χ0) is 16.8. The van der Waals surface area contributed by atoms with E-state index >= 15 is 0 Å². The van der Waals surface area contributed by atoms with Gasteiger partial charge in [-0.25, -0.2) is 4.79 Å². The SMILES string of the molecule is COc1cccc(/C=C/C(=O)Nc2ccc(Br)cc2C(=O)O)c1. The van der Waals surface area contributed by atoms with Crippen molar-refractivity contribution in [1.82, 2.24) is 0 Å². The fraction of sp³-hybridized carbons (Fsp3) is 0.0588. The zero-order valence-electron chi connectivity index (χ0n) is 12.2. The van der Waals surface area contributed by atoms with Crippen molar-refractivity contribution in [2.75, 3.05) is 12.4 Å². The molecule has 2 aromatic carbocycles. The molecule has 0 unspecified atom stereocenters. The van der Waals surface area contributed by atoms with Gasteiger partial charge in [0.1, 0.15) is 5.75 Å². The Hall–Kier alpha value is -2.60. The van der Waals surface area contributed by atoms with Crippen LogP contribution in [0.3, 0.4) is 0 Å². The summed E-state index contributed by atoms with van der Waals surface area (Å²) in [5.74, 6) is -0.843. The molecule has 2 aromatic rings. The number of hydrogen-bond donors (Lipinski definition) is 2. The molecule has 0 bridgehead atoms. The Morgan fingerprint density at radius 2 is 2.00 bits per heavy atom. The monoisotopic (exact) mass is 375 g/mol. The van der Waals surface area contributed by atoms with Gasteiger partial charge in [-0.3, -0.25) is 4.79 Å². The second kappa shape index (κ2) is 7.60. The average molecular weight is 376 g/mol. The Kier molecular flexibility index (Phi) is 5.54. The van der Waals surface area contributed by atoms with E-state index in [9.17, 15) is 9.59 Å². The molecule has 0 saturated heterocycles. The van der Waals surface area contributed by atoms with Gasteiger partial charge in [0.25, 0.3) is 0 Å². The van der Waals surface area contributed by atoms with Crippen LogP contribution in [0.2, 0.25) is 0 Å². The fourth-order valence-corrected chi connectivity index (χ4v) is 2.25. The highest BCUT2D eigenvalue weighted by Crippen LogP contribution is 2.21. The van der Waals surface area contributed by atoms with Crippen molar-refractivity contribution in [2.45, 2.75) is 0 Å². The predicted octanol–water partition coefficient (Wildman–Crippen LogP) is 3.81. The number of hydrogen-bond acceptors (Lipinski definition) is 3. The summed E-state index contributed by atoms with van der Waals surface area (Å²) in [7, 11) is 1.57. The Morgan fingerprint density at radius 1 is 1.22 bits per heavy atom. The number of methoxy groups -OCH3 is 1. The highest BCUT2D eigenvalue weighted by Gasteiger charge is 2.11. The van der Waals surface area contributed by atoms with E-state index in [1.165, 1.54) is 18.2 Å². The molecule has 0 atom stereocenters. The number of nitrogens with one attached hydrogen (secondary N) is 1. The second-order valence-electron chi connectivity index (χ2n) is 4.59. The largest absolute Gasteiger partial charge is 0.497 e. The van der Waals surface area contributed by atoms with Gasteiger partial charge in [-0.15, -0.1) is 0 Å². The van der Waals surface area contributed by atoms with Crippen LogP contribution in [0.25, 0.3) is 6.08 Å². The molecule has 5 nitrogen and oxygen atoms in total. The summed E-state index contributed by atoms with van der Waals surface area (Å²) in [6, 6.07) is 11.9. The van der Waals surface area contributed by atoms with Gasteiger partial charge >= 0.3 is 5.97 Å². The average Bonchev–Trinajstić information content (AvgIpc) is 2.54. The van der Waals surface area contributed by atoms with E-state index in [0.717, 1.165) is 5.56 Å². The van der Waals surface area contributed by atoms with Crippen molar-refractivity contribution >= 4 is 39.6 Å². The van der Waals surface area contributed by atoms with Crippen LogP contribution in [-0.4, -0.2) is 24.1 Å². The summed E-state index contributed by atoms with van der Waals surface area (Å²) < 4.78 is 5.73. The first-order chi connectivity index (χ1) is 11.0. The van der Waals surface area contributed by atoms with Crippen molar-refractivity contribution in [2.24, 2.45) is 0 Å². The van der Waals surface area contributed by atoms with Crippen molar-refractivity contribution in [1.29, 1.82) is 0 Å². The number of amides is 1. The van der Waals surface area contributed by atoms with Gasteiger partial charge in [-0.2, -0.15) is 0 Å². The third-order valence-electron chi connectivity index (χ3n) is 2.99. The molecule has 0 aliphatic heterocycles. The minimum absolute atomic E-state index is 0.0162. The molecule has 0 heterocycles. The summed E-state index contributed by atoms with van der Waals surface area (Å²) in [6.07, 6.45) is 2.96. The summed E-state index contributed by atoms with van der Waals surface area (Å²) in [6.45, 7) is 0. The Bertz CT molecular complexity index is 771. The van der Waals surface area contributed by atoms with E-state index in [1.807, 2.05) is 12.1 Å². The van der Waals surface area contributed by atoms with E-state index in [1.54, 1.807) is 31.4 Å². The van der Waals surface area contributed by atoms with Gasteiger partial charge in [-0.05, 0) is 42.0 Å². The molecule has 118 valence electrons. The first-order valence-corrected chi connectivity index (χ1v) is 7.45. The Balaban J connectivity index is 2.13. The van der Waals surface area contributed by atoms with Gasteiger partial charge < -0.3 is 15.2 Å². The van der Waals surface area contributed by atoms with E-state index < -0.39 is 11.9 Å². The molecule has 2 rings (SSSR count). The van der Waals surface area contributed by atoms with Gasteiger partial charge in [0.05, 0.1) is 18.4 Å². The summed E-state index contributed by atoms with van der Waals surface area (Å²) in [5.41, 5.74) is 1.05. The summed E-state index contributed by atoms with van der Waals surface area (Å²) in [5, 5.41) is 11.7. The highest BCUT2D eigenvalue weighted by atomic mass is 79.9. The summed E-state index contributed by atoms with van der Waals surface area (Å²) in [4.78, 5) is 23.2. The van der Waals surface area contributed by atoms with E-state index in [0.29, 0.717) is 10.2 Å². The standard InChI is InChI=1S/C17H14BrNO4/c1-23-13-4-2-3-11(9-13)5-8-16(20)19-15-7-6-12(18)10-14(15)17(21)22/h2-10H,1H3,(H,19,20)(H,21,22)/b8-5+. The molecule has 0 fully saturated rings. The van der Waals surface area contributed by atoms with Crippen molar-refractivity contribution in [3.8, 4) is 5.75 Å². The first kappa shape index (κ1) is 16.8. The van der Waals surface area contributed by atoms with Crippen molar-refractivity contribution in [3.63, 3.8) is 0 Å². The quantitative estimate of drug-likeness (QED) is 0.779. The van der Waals surface area contributed by atoms with Crippen LogP contribution in [0.1, 0.15) is 15.9 Å². The molecule has 0 spiro atoms. The topological polar surface area (TPSA) is 75.6 Å². The second-order valence-corrected chi connectivity index (χ2v) is 5.51. The van der Waals surface area contributed by atoms with Crippen LogP contribution >= 0.6 is 15.9 Å². The maximum Gasteiger partial charge on any atom is 0.337 e. The Morgan fingerprint density at radius 3 is 2.70 bits per heavy atom. The minimum atomic E-state index is -1.11. The molecule has 2 N–H and O–H groups in total. The van der Waals surface area contributed by atoms with Crippen LogP contribution in [0.5, 0.6) is 5.75 Å². The van der Waals surface area contributed by atoms with Crippen molar-refractivity contribution in [3.05, 3.63) is 64.1 Å². The smallest absolute Gasteiger partial charge is 0.337 e. The number of halogens is 1. The van der Waals surface area contributed by atoms with Gasteiger partial charge in [0.2, 0.25) is 5.91 Å². The minimum Gasteiger partial charge on any atom is -0.497 e. The van der Waals surface area contributed by atoms with Crippen LogP contribution in [0.4, 0.5) is 5.69 Å². The first-order valence-electron chi connectivity index (χ1n) is 6.65. The molecular formula is C17H14BrNO4. The number of carboxylic acid groups (broad SMARTS) is 1. The van der Waals surface area contributed by atoms with Gasteiger partial charge in [-0.1, -0.05) is 28.1 Å². The number of carbonyl (C=O) groups is 2. The normalized spacial score (nSPS) is 10.5. The number of rotatable bonds is 5. The molecule has 0 saturated carbocycles. The molecule has 1 amide bonds. The number of carboxylic acids is 1. The molecule has 0 radical (unpaired) electrons. The van der Waals surface area contributed by atoms with Crippen molar-refractivity contribution < 1.29 is 19.4 Å². The number of carbonyl (C=O) groups excluding carboxylic acids is 1. The third-order valence-corrected chi connectivity index (χ3v) is 3.48. The zero-order valence-corrected chi connectivity index (χ0v) is 13.8. The van der Waals surface area contributed by atoms with Gasteiger partial charge in [0, 0.05) is 10.5 Å². The van der Waals surface area contributed by atoms with Crippen LogP contribution in [0.15, 0.2) is 53.0 Å². The molecule has 6 heteroatoms. The molecule has 0 aliphatic carbocycles. The predicted molar refractivity (Wildman–Crippen MR) is 91.8 cm³/mol. The van der Waals surface area contributed by atoms with Gasteiger partial charge in [0.15, 0.2) is 0 Å². The maximum atomic E-state index is 12.0. The number of anilines is 1. The molecule has 23 heavy (non-hydrogen) atoms. The van der Waals surface area contributed by atoms with Crippen LogP contribution in [0, 0.1) is 0 Å². The number of benzene rings is 2. The van der Waals surface area contributed by atoms with E-state index in [2.05, 4.69) is 21.2 Å². The van der Waals surface area contributed by atoms with Crippen LogP contribution < -0.4 is 10.1 Å². The molecular weight excluding hydrogens is 362 g/mol. The molecule has 0 aliphatic rings. The Labute approximate surface area is 141 Å². The third kappa shape index (κ3) is 4.69. The highest BCUT2D eigenvalue weighted by molar-refractivity contribution is 9.10. The lowest BCUT2D eigenvalue weighted by Gasteiger charge is -2.07. The lowest BCUT2D eigenvalue weighted by Crippen LogP contribution is -2.12. The number of ether oxygens (including phenoxy) is 1. The fourth-order valence-electron chi connectivity index (χ4n) is 1.89. The van der Waals surface area contributed by atoms with Crippen LogP contribution in [-0.2, 0) is 4.79 Å². The summed E-state index contributed by atoms with van der Waals surface area (Å²) >= 11 is 3.20. The lowest BCUT2D eigenvalue weighted by molar-refractivity contribution is -0.111. The number of aromatic carboxylic acids is 1. The lowest BCUT2D eigenvalue weighted by atomic mass is 10.1.